The van der Waals surface area contributed by atoms with E-state index in [4.69, 9.17) is 0 Å². The fraction of sp³-hybridized carbons (Fsp3) is 0.423. The van der Waals surface area contributed by atoms with Crippen molar-refractivity contribution in [3.8, 4) is 0 Å². The summed E-state index contributed by atoms with van der Waals surface area (Å²) in [6.45, 7) is 21.0. The van der Waals surface area contributed by atoms with Gasteiger partial charge in [0.2, 0.25) is 22.9 Å². The van der Waals surface area contributed by atoms with Crippen LogP contribution in [0.5, 0.6) is 0 Å². The molecule has 308 valence electrons. The lowest BCUT2D eigenvalue weighted by Crippen LogP contribution is -2.31. The number of hydrogen-bond donors (Lipinski definition) is 2. The highest BCUT2D eigenvalue weighted by Crippen LogP contribution is 2.47. The summed E-state index contributed by atoms with van der Waals surface area (Å²) in [5.41, 5.74) is 9.38. The average Bonchev–Trinajstić information content (AvgIpc) is 3.58. The van der Waals surface area contributed by atoms with Crippen molar-refractivity contribution in [3.63, 3.8) is 0 Å². The molecular formula is C52H63N3O4+2. The Bertz CT molecular complexity index is 2370. The first kappa shape index (κ1) is 41.8. The van der Waals surface area contributed by atoms with Crippen LogP contribution in [0.1, 0.15) is 129 Å². The van der Waals surface area contributed by atoms with E-state index in [-0.39, 0.29) is 28.5 Å². The van der Waals surface area contributed by atoms with Crippen molar-refractivity contribution in [2.75, 3.05) is 31.1 Å². The van der Waals surface area contributed by atoms with E-state index in [2.05, 4.69) is 106 Å². The summed E-state index contributed by atoms with van der Waals surface area (Å²) < 4.78 is 4.57. The van der Waals surface area contributed by atoms with Crippen molar-refractivity contribution in [2.45, 2.75) is 118 Å². The number of benzene rings is 3. The van der Waals surface area contributed by atoms with Gasteiger partial charge in [0.1, 0.15) is 24.6 Å². The molecule has 59 heavy (non-hydrogen) atoms. The monoisotopic (exact) mass is 793 g/mol. The van der Waals surface area contributed by atoms with Gasteiger partial charge in [-0.2, -0.15) is 9.15 Å². The van der Waals surface area contributed by atoms with Crippen molar-refractivity contribution in [3.05, 3.63) is 124 Å². The van der Waals surface area contributed by atoms with Gasteiger partial charge in [0.05, 0.1) is 33.1 Å². The molecular weight excluding hydrogens is 731 g/mol. The maximum absolute atomic E-state index is 14.0. The third kappa shape index (κ3) is 7.25. The van der Waals surface area contributed by atoms with Gasteiger partial charge >= 0.3 is 0 Å². The Hall–Kier alpha value is -5.30. The fourth-order valence-corrected chi connectivity index (χ4v) is 9.33. The third-order valence-corrected chi connectivity index (χ3v) is 13.0. The van der Waals surface area contributed by atoms with E-state index in [0.29, 0.717) is 27.9 Å². The van der Waals surface area contributed by atoms with Crippen molar-refractivity contribution in [1.29, 1.82) is 0 Å². The Morgan fingerprint density at radius 3 is 1.54 bits per heavy atom. The highest BCUT2D eigenvalue weighted by atomic mass is 16.3. The summed E-state index contributed by atoms with van der Waals surface area (Å²) in [6, 6.07) is 22.5. The number of carbonyl (C=O) groups excluding carboxylic acids is 2. The smallest absolute Gasteiger partial charge is 0.209 e. The van der Waals surface area contributed by atoms with E-state index >= 15 is 0 Å². The zero-order valence-electron chi connectivity index (χ0n) is 36.5. The van der Waals surface area contributed by atoms with Gasteiger partial charge < -0.3 is 15.1 Å². The normalized spacial score (nSPS) is 19.3. The van der Waals surface area contributed by atoms with Gasteiger partial charge in [0.25, 0.3) is 0 Å². The first-order chi connectivity index (χ1) is 28.3. The van der Waals surface area contributed by atoms with Crippen LogP contribution in [-0.4, -0.2) is 68.5 Å². The molecule has 7 nitrogen and oxygen atoms in total. The fourth-order valence-electron chi connectivity index (χ4n) is 9.33. The predicted molar refractivity (Wildman–Crippen MR) is 242 cm³/mol. The highest BCUT2D eigenvalue weighted by Gasteiger charge is 2.49. The molecule has 0 bridgehead atoms. The van der Waals surface area contributed by atoms with Gasteiger partial charge in [0.15, 0.2) is 11.4 Å². The molecule has 3 aromatic carbocycles. The Morgan fingerprint density at radius 2 is 1.03 bits per heavy atom. The summed E-state index contributed by atoms with van der Waals surface area (Å²) in [5, 5.41) is 23.1. The number of nitrogens with zero attached hydrogens (tertiary/aromatic N) is 3. The number of aliphatic hydroxyl groups excluding tert-OH is 2. The minimum atomic E-state index is -0.554. The quantitative estimate of drug-likeness (QED) is 0.105. The maximum atomic E-state index is 14.0. The first-order valence-electron chi connectivity index (χ1n) is 22.1. The van der Waals surface area contributed by atoms with Crippen molar-refractivity contribution in [2.24, 2.45) is 0 Å². The average molecular weight is 794 g/mol. The van der Waals surface area contributed by atoms with E-state index in [1.807, 2.05) is 42.5 Å². The predicted octanol–water partition coefficient (Wildman–Crippen LogP) is 11.4. The number of carbonyl (C=O) groups is 2. The molecule has 0 atom stereocenters. The lowest BCUT2D eigenvalue weighted by molar-refractivity contribution is -0.438. The Morgan fingerprint density at radius 1 is 0.576 bits per heavy atom. The number of para-hydroxylation sites is 1. The number of aliphatic hydroxyl groups is 2. The van der Waals surface area contributed by atoms with E-state index in [1.165, 1.54) is 5.56 Å². The summed E-state index contributed by atoms with van der Waals surface area (Å²) in [4.78, 5) is 30.3. The minimum absolute atomic E-state index is 0.0277. The molecule has 2 aliphatic heterocycles. The SMILES string of the molecule is CCCCN(CCCC)c1ccc(C2=C(O)/C(=C/C3=[N+](CCCC)c4ccc(C5=C(O)/C(=C/C6=[N+](CCCC)c7ccccc7C6(C)C)C5=O)cc4C3(C)C)C2=O)cc1. The van der Waals surface area contributed by atoms with Crippen LogP contribution in [0.3, 0.4) is 0 Å². The standard InChI is InChI=1S/C52H61N3O4/c1-9-13-27-53(28-14-10-2)36-24-21-34(22-25-36)45-47(56)37(48(45)57)33-44-52(7,8)40-31-35(23-26-42(40)55(44)30-16-12-4)46-49(58)38(50(46)59)32-43-51(5,6)39-19-17-18-20-41(39)54(43)29-15-11-3/h17-26,31-33H,9-16,27-30H2,1-8H3/p+2. The Kier molecular flexibility index (Phi) is 11.9. The van der Waals surface area contributed by atoms with Crippen LogP contribution in [0.25, 0.3) is 11.1 Å². The molecule has 2 aliphatic carbocycles. The summed E-state index contributed by atoms with van der Waals surface area (Å²) in [5.74, 6) is -0.262. The number of Topliss-reactive ketones (excluding diaryl/α,β-unsaturated/α-hetero) is 2. The number of hydrogen-bond acceptors (Lipinski definition) is 5. The van der Waals surface area contributed by atoms with Crippen LogP contribution in [0.2, 0.25) is 0 Å². The van der Waals surface area contributed by atoms with Gasteiger partial charge in [-0.25, -0.2) is 0 Å². The number of allylic oxidation sites excluding steroid dienone is 6. The van der Waals surface area contributed by atoms with E-state index in [1.54, 1.807) is 0 Å². The Balaban J connectivity index is 1.20. The number of fused-ring (bicyclic) bond motifs is 2. The van der Waals surface area contributed by atoms with Gasteiger partial charge in [-0.1, -0.05) is 83.7 Å². The molecule has 4 aliphatic rings. The van der Waals surface area contributed by atoms with Gasteiger partial charge in [-0.3, -0.25) is 9.59 Å². The molecule has 0 saturated carbocycles. The summed E-state index contributed by atoms with van der Waals surface area (Å²) >= 11 is 0. The molecule has 0 fully saturated rings. The Labute approximate surface area is 351 Å². The minimum Gasteiger partial charge on any atom is -0.506 e. The van der Waals surface area contributed by atoms with Crippen LogP contribution in [0.15, 0.2) is 102 Å². The molecule has 3 aromatic rings. The topological polar surface area (TPSA) is 83.9 Å². The second kappa shape index (κ2) is 16.8. The van der Waals surface area contributed by atoms with Crippen LogP contribution < -0.4 is 4.90 Å². The lowest BCUT2D eigenvalue weighted by atomic mass is 9.75. The maximum Gasteiger partial charge on any atom is 0.209 e. The number of rotatable bonds is 17. The van der Waals surface area contributed by atoms with Crippen molar-refractivity contribution < 1.29 is 29.0 Å². The second-order valence-electron chi connectivity index (χ2n) is 17.7. The molecule has 0 spiro atoms. The van der Waals surface area contributed by atoms with E-state index in [0.717, 1.165) is 117 Å². The zero-order chi connectivity index (χ0) is 42.2. The first-order valence-corrected chi connectivity index (χ1v) is 22.1. The van der Waals surface area contributed by atoms with E-state index < -0.39 is 5.41 Å². The largest absolute Gasteiger partial charge is 0.506 e. The molecule has 7 rings (SSSR count). The molecule has 2 N–H and O–H groups in total. The van der Waals surface area contributed by atoms with Crippen LogP contribution in [0, 0.1) is 0 Å². The van der Waals surface area contributed by atoms with E-state index in [9.17, 15) is 19.8 Å². The van der Waals surface area contributed by atoms with Crippen LogP contribution in [-0.2, 0) is 20.4 Å². The number of ketones is 2. The number of unbranched alkanes of at least 4 members (excludes halogenated alkanes) is 4. The van der Waals surface area contributed by atoms with Crippen LogP contribution in [0.4, 0.5) is 17.1 Å². The third-order valence-electron chi connectivity index (χ3n) is 13.0. The van der Waals surface area contributed by atoms with Gasteiger partial charge in [-0.05, 0) is 75.9 Å². The zero-order valence-corrected chi connectivity index (χ0v) is 36.5. The molecule has 0 saturated heterocycles. The van der Waals surface area contributed by atoms with Gasteiger partial charge in [-0.15, -0.1) is 0 Å². The molecule has 0 unspecified atom stereocenters. The molecule has 0 amide bonds. The highest BCUT2D eigenvalue weighted by molar-refractivity contribution is 6.41. The molecule has 0 aromatic heterocycles. The summed E-state index contributed by atoms with van der Waals surface area (Å²) in [7, 11) is 0. The molecule has 0 radical (unpaired) electrons. The summed E-state index contributed by atoms with van der Waals surface area (Å²) in [6.07, 6.45) is 12.3. The lowest BCUT2D eigenvalue weighted by Gasteiger charge is -2.26. The van der Waals surface area contributed by atoms with Gasteiger partial charge in [0, 0.05) is 67.0 Å². The molecule has 2 heterocycles. The number of anilines is 1. The van der Waals surface area contributed by atoms with Crippen LogP contribution >= 0.6 is 0 Å². The van der Waals surface area contributed by atoms with Crippen molar-refractivity contribution in [1.82, 2.24) is 0 Å². The van der Waals surface area contributed by atoms with Crippen molar-refractivity contribution >= 4 is 51.2 Å². The molecule has 7 heteroatoms. The second-order valence-corrected chi connectivity index (χ2v) is 17.7.